The third-order valence-electron chi connectivity index (χ3n) is 5.62. The van der Waals surface area contributed by atoms with Gasteiger partial charge in [-0.05, 0) is 50.3 Å². The molecule has 1 atom stereocenters. The predicted molar refractivity (Wildman–Crippen MR) is 106 cm³/mol. The number of ketones is 1. The maximum atomic E-state index is 12.8. The molecule has 0 bridgehead atoms. The van der Waals surface area contributed by atoms with E-state index in [9.17, 15) is 9.59 Å². The Labute approximate surface area is 160 Å². The van der Waals surface area contributed by atoms with Crippen LogP contribution in [0.2, 0.25) is 0 Å². The monoisotopic (exact) mass is 363 g/mol. The molecule has 0 aromatic heterocycles. The molecule has 0 N–H and O–H groups in total. The Morgan fingerprint density at radius 1 is 1.11 bits per heavy atom. The highest BCUT2D eigenvalue weighted by molar-refractivity contribution is 6.01. The van der Waals surface area contributed by atoms with Gasteiger partial charge in [0.15, 0.2) is 5.78 Å². The second-order valence-corrected chi connectivity index (χ2v) is 7.44. The number of anilines is 1. The first kappa shape index (κ1) is 17.8. The first-order valence-electron chi connectivity index (χ1n) is 9.83. The van der Waals surface area contributed by atoms with Crippen LogP contribution in [0.1, 0.15) is 54.1 Å². The summed E-state index contributed by atoms with van der Waals surface area (Å²) in [4.78, 5) is 26.6. The lowest BCUT2D eigenvalue weighted by Crippen LogP contribution is -2.42. The number of carbonyl (C=O) groups excluding carboxylic acids is 2. The minimum Gasteiger partial charge on any atom is -0.493 e. The Morgan fingerprint density at radius 2 is 1.96 bits per heavy atom. The van der Waals surface area contributed by atoms with E-state index in [0.29, 0.717) is 25.9 Å². The van der Waals surface area contributed by atoms with Crippen molar-refractivity contribution in [1.82, 2.24) is 0 Å². The van der Waals surface area contributed by atoms with Crippen LogP contribution in [-0.2, 0) is 17.6 Å². The van der Waals surface area contributed by atoms with Gasteiger partial charge in [0, 0.05) is 35.7 Å². The summed E-state index contributed by atoms with van der Waals surface area (Å²) in [7, 11) is 0. The lowest BCUT2D eigenvalue weighted by atomic mass is 9.96. The number of ether oxygens (including phenoxy) is 1. The molecule has 0 radical (unpaired) electrons. The molecule has 4 rings (SSSR count). The summed E-state index contributed by atoms with van der Waals surface area (Å²) in [5, 5.41) is 0. The summed E-state index contributed by atoms with van der Waals surface area (Å²) in [6.07, 6.45) is 4.49. The number of hydrogen-bond acceptors (Lipinski definition) is 3. The van der Waals surface area contributed by atoms with E-state index >= 15 is 0 Å². The summed E-state index contributed by atoms with van der Waals surface area (Å²) in [6, 6.07) is 14.1. The van der Waals surface area contributed by atoms with Gasteiger partial charge in [-0.1, -0.05) is 30.3 Å². The van der Waals surface area contributed by atoms with Gasteiger partial charge < -0.3 is 9.64 Å². The van der Waals surface area contributed by atoms with Crippen molar-refractivity contribution in [3.8, 4) is 5.75 Å². The molecule has 4 nitrogen and oxygen atoms in total. The van der Waals surface area contributed by atoms with Crippen molar-refractivity contribution in [2.75, 3.05) is 11.5 Å². The lowest BCUT2D eigenvalue weighted by molar-refractivity contribution is -0.119. The van der Waals surface area contributed by atoms with E-state index in [1.54, 1.807) is 0 Å². The van der Waals surface area contributed by atoms with E-state index in [2.05, 4.69) is 13.0 Å². The summed E-state index contributed by atoms with van der Waals surface area (Å²) in [6.45, 7) is 2.61. The zero-order chi connectivity index (χ0) is 18.8. The van der Waals surface area contributed by atoms with Crippen LogP contribution in [0.25, 0.3) is 0 Å². The van der Waals surface area contributed by atoms with Crippen molar-refractivity contribution >= 4 is 17.4 Å². The maximum Gasteiger partial charge on any atom is 0.227 e. The quantitative estimate of drug-likeness (QED) is 0.742. The molecule has 2 aromatic carbocycles. The molecule has 2 aromatic rings. The topological polar surface area (TPSA) is 46.6 Å². The average Bonchev–Trinajstić information content (AvgIpc) is 3.07. The number of aryl methyl sites for hydroxylation is 1. The molecule has 140 valence electrons. The van der Waals surface area contributed by atoms with Crippen molar-refractivity contribution in [3.05, 3.63) is 59.2 Å². The molecule has 1 heterocycles. The largest absolute Gasteiger partial charge is 0.493 e. The second kappa shape index (κ2) is 7.55. The van der Waals surface area contributed by atoms with Crippen molar-refractivity contribution in [1.29, 1.82) is 0 Å². The number of nitrogens with zero attached hydrogens (tertiary/aromatic N) is 1. The summed E-state index contributed by atoms with van der Waals surface area (Å²) < 4.78 is 5.91. The molecule has 0 saturated carbocycles. The molecule has 4 heteroatoms. The highest BCUT2D eigenvalue weighted by Crippen LogP contribution is 2.32. The molecular weight excluding hydrogens is 338 g/mol. The van der Waals surface area contributed by atoms with Gasteiger partial charge in [-0.15, -0.1) is 0 Å². The van der Waals surface area contributed by atoms with Gasteiger partial charge in [-0.2, -0.15) is 0 Å². The molecule has 1 aliphatic carbocycles. The number of para-hydroxylation sites is 1. The Hall–Kier alpha value is -2.62. The maximum absolute atomic E-state index is 12.8. The van der Waals surface area contributed by atoms with Gasteiger partial charge in [0.2, 0.25) is 5.91 Å². The average molecular weight is 363 g/mol. The molecule has 0 spiro atoms. The van der Waals surface area contributed by atoms with Crippen LogP contribution in [0.15, 0.2) is 42.5 Å². The normalized spacial score (nSPS) is 18.2. The summed E-state index contributed by atoms with van der Waals surface area (Å²) in [5.41, 5.74) is 4.13. The van der Waals surface area contributed by atoms with Crippen LogP contribution in [-0.4, -0.2) is 24.3 Å². The Balaban J connectivity index is 1.35. The first-order valence-corrected chi connectivity index (χ1v) is 9.83. The fourth-order valence-corrected chi connectivity index (χ4v) is 4.19. The van der Waals surface area contributed by atoms with E-state index in [1.807, 2.05) is 41.3 Å². The van der Waals surface area contributed by atoms with E-state index < -0.39 is 0 Å². The molecular formula is C23H25NO3. The summed E-state index contributed by atoms with van der Waals surface area (Å²) in [5.74, 6) is 1.15. The van der Waals surface area contributed by atoms with Gasteiger partial charge in [0.05, 0.1) is 6.61 Å². The van der Waals surface area contributed by atoms with Gasteiger partial charge in [0.1, 0.15) is 5.75 Å². The standard InChI is InChI=1S/C23H25NO3/c1-16-11-12-17-6-2-3-8-20(17)24(16)23(26)10-5-15-27-22-9-4-7-18-19(22)13-14-21(18)25/h2-4,6-9,16H,5,10-15H2,1H3. The van der Waals surface area contributed by atoms with Crippen LogP contribution in [0.3, 0.4) is 0 Å². The number of carbonyl (C=O) groups is 2. The molecule has 1 unspecified atom stereocenters. The van der Waals surface area contributed by atoms with Crippen LogP contribution in [0, 0.1) is 0 Å². The van der Waals surface area contributed by atoms with Crippen molar-refractivity contribution < 1.29 is 14.3 Å². The third kappa shape index (κ3) is 3.48. The number of fused-ring (bicyclic) bond motifs is 2. The van der Waals surface area contributed by atoms with Crippen LogP contribution >= 0.6 is 0 Å². The first-order chi connectivity index (χ1) is 13.1. The van der Waals surface area contributed by atoms with Crippen LogP contribution in [0.4, 0.5) is 5.69 Å². The molecule has 2 aliphatic rings. The van der Waals surface area contributed by atoms with E-state index in [0.717, 1.165) is 41.8 Å². The second-order valence-electron chi connectivity index (χ2n) is 7.44. The number of rotatable bonds is 5. The van der Waals surface area contributed by atoms with Gasteiger partial charge in [-0.3, -0.25) is 9.59 Å². The molecule has 27 heavy (non-hydrogen) atoms. The van der Waals surface area contributed by atoms with Gasteiger partial charge in [0.25, 0.3) is 0 Å². The lowest BCUT2D eigenvalue weighted by Gasteiger charge is -2.35. The van der Waals surface area contributed by atoms with E-state index in [-0.39, 0.29) is 17.7 Å². The van der Waals surface area contributed by atoms with Crippen LogP contribution < -0.4 is 9.64 Å². The summed E-state index contributed by atoms with van der Waals surface area (Å²) >= 11 is 0. The Kier molecular flexibility index (Phi) is 4.97. The zero-order valence-electron chi connectivity index (χ0n) is 15.7. The fourth-order valence-electron chi connectivity index (χ4n) is 4.19. The van der Waals surface area contributed by atoms with Crippen molar-refractivity contribution in [2.24, 2.45) is 0 Å². The Bertz CT molecular complexity index is 874. The molecule has 0 saturated heterocycles. The molecule has 0 fully saturated rings. The third-order valence-corrected chi connectivity index (χ3v) is 5.62. The van der Waals surface area contributed by atoms with Gasteiger partial charge in [-0.25, -0.2) is 0 Å². The number of amides is 1. The smallest absolute Gasteiger partial charge is 0.227 e. The van der Waals surface area contributed by atoms with Crippen molar-refractivity contribution in [2.45, 2.75) is 51.5 Å². The Morgan fingerprint density at radius 3 is 2.85 bits per heavy atom. The molecule has 1 aliphatic heterocycles. The van der Waals surface area contributed by atoms with E-state index in [4.69, 9.17) is 4.74 Å². The highest BCUT2D eigenvalue weighted by Gasteiger charge is 2.27. The van der Waals surface area contributed by atoms with Crippen molar-refractivity contribution in [3.63, 3.8) is 0 Å². The zero-order valence-corrected chi connectivity index (χ0v) is 15.7. The fraction of sp³-hybridized carbons (Fsp3) is 0.391. The SMILES string of the molecule is CC1CCc2ccccc2N1C(=O)CCCOc1cccc2c1CCC2=O. The van der Waals surface area contributed by atoms with Crippen LogP contribution in [0.5, 0.6) is 5.75 Å². The number of hydrogen-bond donors (Lipinski definition) is 0. The van der Waals surface area contributed by atoms with E-state index in [1.165, 1.54) is 5.56 Å². The minimum absolute atomic E-state index is 0.159. The number of benzene rings is 2. The minimum atomic E-state index is 0.159. The molecule has 1 amide bonds. The highest BCUT2D eigenvalue weighted by atomic mass is 16.5. The predicted octanol–water partition coefficient (Wildman–Crippen LogP) is 4.34. The number of Topliss-reactive ketones (excluding diaryl/α,β-unsaturated/α-hetero) is 1. The van der Waals surface area contributed by atoms with Gasteiger partial charge >= 0.3 is 0 Å².